The van der Waals surface area contributed by atoms with Gasteiger partial charge in [-0.1, -0.05) is 23.9 Å². The van der Waals surface area contributed by atoms with Gasteiger partial charge >= 0.3 is 18.0 Å². The fourth-order valence-electron chi connectivity index (χ4n) is 4.23. The normalized spacial score (nSPS) is 18.7. The Bertz CT molecular complexity index is 1450. The van der Waals surface area contributed by atoms with Gasteiger partial charge in [0.1, 0.15) is 34.5 Å². The second kappa shape index (κ2) is 12.9. The number of carboxylic acids is 1. The zero-order chi connectivity index (χ0) is 31.5. The maximum atomic E-state index is 13.4. The molecular weight excluding hydrogens is 604 g/mol. The summed E-state index contributed by atoms with van der Waals surface area (Å²) in [5, 5.41) is 34.4. The number of carbonyl (C=O) groups is 5. The van der Waals surface area contributed by atoms with E-state index in [0.29, 0.717) is 11.1 Å². The Morgan fingerprint density at radius 3 is 2.53 bits per heavy atom. The molecule has 0 spiro atoms. The number of nitrogens with one attached hydrogen (secondary N) is 3. The summed E-state index contributed by atoms with van der Waals surface area (Å²) in [6, 6.07) is 3.24. The lowest BCUT2D eigenvalue weighted by Crippen LogP contribution is -2.71. The number of thioether (sulfide) groups is 2. The first-order chi connectivity index (χ1) is 20.3. The Labute approximate surface area is 254 Å². The first-order valence-electron chi connectivity index (χ1n) is 13.0. The van der Waals surface area contributed by atoms with Crippen molar-refractivity contribution in [1.82, 2.24) is 30.9 Å². The maximum Gasteiger partial charge on any atom is 0.408 e. The Morgan fingerprint density at radius 1 is 1.21 bits per heavy atom. The van der Waals surface area contributed by atoms with E-state index in [9.17, 15) is 34.2 Å². The van der Waals surface area contributed by atoms with Crippen LogP contribution in [0.3, 0.4) is 0 Å². The second-order valence-corrected chi connectivity index (χ2v) is 12.4. The molecule has 1 fully saturated rings. The average molecular weight is 635 g/mol. The highest BCUT2D eigenvalue weighted by atomic mass is 32.2. The summed E-state index contributed by atoms with van der Waals surface area (Å²) in [7, 11) is 0. The predicted molar refractivity (Wildman–Crippen MR) is 153 cm³/mol. The highest BCUT2D eigenvalue weighted by Gasteiger charge is 2.54. The second-order valence-electron chi connectivity index (χ2n) is 10.3. The molecule has 0 saturated carbocycles. The van der Waals surface area contributed by atoms with Crippen molar-refractivity contribution in [2.45, 2.75) is 55.8 Å². The van der Waals surface area contributed by atoms with Gasteiger partial charge in [-0.25, -0.2) is 14.4 Å². The summed E-state index contributed by atoms with van der Waals surface area (Å²) in [6.07, 6.45) is -0.870. The summed E-state index contributed by atoms with van der Waals surface area (Å²) in [5.74, 6) is -3.09. The highest BCUT2D eigenvalue weighted by molar-refractivity contribution is 8.01. The van der Waals surface area contributed by atoms with Crippen molar-refractivity contribution in [3.05, 3.63) is 46.8 Å². The van der Waals surface area contributed by atoms with Gasteiger partial charge in [-0.15, -0.1) is 22.0 Å². The number of H-pyrrole nitrogens is 1. The quantitative estimate of drug-likeness (QED) is 0.143. The molecule has 1 saturated heterocycles. The highest BCUT2D eigenvalue weighted by Crippen LogP contribution is 2.42. The molecule has 0 radical (unpaired) electrons. The summed E-state index contributed by atoms with van der Waals surface area (Å²) in [4.78, 5) is 64.6. The first kappa shape index (κ1) is 31.7. The van der Waals surface area contributed by atoms with Crippen LogP contribution in [-0.2, 0) is 23.9 Å². The maximum absolute atomic E-state index is 13.4. The number of hydrogen-bond donors (Lipinski definition) is 5. The molecule has 1 aromatic heterocycles. The van der Waals surface area contributed by atoms with Crippen molar-refractivity contribution < 1.29 is 43.7 Å². The molecule has 2 aromatic rings. The van der Waals surface area contributed by atoms with Gasteiger partial charge < -0.3 is 30.3 Å². The number of esters is 1. The Morgan fingerprint density at radius 2 is 1.91 bits per heavy atom. The third kappa shape index (κ3) is 7.22. The number of fused-ring (bicyclic) bond motifs is 1. The molecule has 2 aliphatic rings. The Kier molecular flexibility index (Phi) is 9.54. The Balaban J connectivity index is 1.49. The molecular formula is C26H30N6O9S2. The molecule has 3 atom stereocenters. The van der Waals surface area contributed by atoms with Crippen LogP contribution in [0.2, 0.25) is 0 Å². The van der Waals surface area contributed by atoms with E-state index in [1.165, 1.54) is 36.0 Å². The van der Waals surface area contributed by atoms with E-state index in [1.807, 2.05) is 0 Å². The number of ether oxygens (including phenoxy) is 2. The van der Waals surface area contributed by atoms with Crippen LogP contribution in [0.1, 0.15) is 49.8 Å². The number of carboxylic acid groups (broad SMARTS) is 1. The summed E-state index contributed by atoms with van der Waals surface area (Å²) >= 11 is 2.33. The number of β-lactam (4-membered cyclic amide) rings is 1. The van der Waals surface area contributed by atoms with E-state index in [4.69, 9.17) is 9.47 Å². The van der Waals surface area contributed by atoms with Crippen LogP contribution in [-0.4, -0.2) is 95.5 Å². The number of phenolic OH excluding ortho intramolecular Hbond substituents is 1. The number of aromatic nitrogens is 3. The number of aromatic amines is 1. The van der Waals surface area contributed by atoms with Crippen molar-refractivity contribution in [2.75, 3.05) is 18.1 Å². The summed E-state index contributed by atoms with van der Waals surface area (Å²) < 4.78 is 10.2. The van der Waals surface area contributed by atoms with Gasteiger partial charge in [-0.05, 0) is 51.0 Å². The monoisotopic (exact) mass is 634 g/mol. The van der Waals surface area contributed by atoms with Gasteiger partial charge in [0, 0.05) is 11.5 Å². The molecule has 1 aromatic carbocycles. The molecule has 230 valence electrons. The molecule has 3 heterocycles. The molecule has 17 heteroatoms. The van der Waals surface area contributed by atoms with E-state index < -0.39 is 52.9 Å². The zero-order valence-electron chi connectivity index (χ0n) is 23.6. The number of aromatic hydroxyl groups is 1. The fraction of sp³-hybridized carbons (Fsp3) is 0.423. The molecule has 4 rings (SSSR count). The molecule has 2 aliphatic heterocycles. The van der Waals surface area contributed by atoms with Gasteiger partial charge in [0.25, 0.3) is 5.91 Å². The zero-order valence-corrected chi connectivity index (χ0v) is 25.2. The molecule has 15 nitrogen and oxygen atoms in total. The van der Waals surface area contributed by atoms with E-state index in [1.54, 1.807) is 27.7 Å². The minimum Gasteiger partial charge on any atom is -0.508 e. The topological polar surface area (TPSA) is 213 Å². The number of aliphatic carboxylic acids is 1. The SMILES string of the molecule is CCOC(=O)c1n[nH]nc1SCC1=C(C(=O)O)N2C(=O)C(NC(=O)C(NC(=O)OC(C)(C)C)c3ccc(O)cc3)[C@H]2SC1. The van der Waals surface area contributed by atoms with Crippen LogP contribution < -0.4 is 10.6 Å². The third-order valence-corrected chi connectivity index (χ3v) is 8.46. The lowest BCUT2D eigenvalue weighted by Gasteiger charge is -2.49. The molecule has 3 amide bonds. The van der Waals surface area contributed by atoms with Crippen molar-refractivity contribution in [3.8, 4) is 5.75 Å². The predicted octanol–water partition coefficient (Wildman–Crippen LogP) is 1.78. The van der Waals surface area contributed by atoms with Crippen LogP contribution in [0, 0.1) is 0 Å². The number of phenols is 1. The minimum atomic E-state index is -1.32. The van der Waals surface area contributed by atoms with Gasteiger partial charge in [0.05, 0.1) is 6.61 Å². The molecule has 2 unspecified atom stereocenters. The van der Waals surface area contributed by atoms with E-state index >= 15 is 0 Å². The number of carbonyl (C=O) groups excluding carboxylic acids is 4. The van der Waals surface area contributed by atoms with E-state index in [-0.39, 0.29) is 40.3 Å². The lowest BCUT2D eigenvalue weighted by molar-refractivity contribution is -0.151. The molecule has 5 N–H and O–H groups in total. The number of amides is 3. The minimum absolute atomic E-state index is 0.0309. The number of hydrogen-bond acceptors (Lipinski definition) is 12. The average Bonchev–Trinajstić information content (AvgIpc) is 3.41. The van der Waals surface area contributed by atoms with Crippen molar-refractivity contribution in [2.24, 2.45) is 0 Å². The van der Waals surface area contributed by atoms with Crippen LogP contribution in [0.5, 0.6) is 5.75 Å². The number of alkyl carbamates (subject to hydrolysis) is 1. The standard InChI is InChI=1S/C26H30N6O9S2/c1-5-40-24(38)16-20(30-31-29-16)42-10-13-11-43-22-17(21(35)32(22)18(13)23(36)37)27-19(34)15(12-6-8-14(33)9-7-12)28-25(39)41-26(2,3)4/h6-9,15,17,22,33H,5,10-11H2,1-4H3,(H,27,34)(H,28,39)(H,36,37)(H,29,30,31)/t15?,17?,22-/m1/s1. The number of nitrogens with zero attached hydrogens (tertiary/aromatic N) is 3. The third-order valence-electron chi connectivity index (χ3n) is 6.07. The van der Waals surface area contributed by atoms with Gasteiger partial charge in [0.15, 0.2) is 5.03 Å². The number of benzene rings is 1. The summed E-state index contributed by atoms with van der Waals surface area (Å²) in [5.41, 5.74) is -0.344. The molecule has 0 aliphatic carbocycles. The van der Waals surface area contributed by atoms with Crippen LogP contribution >= 0.6 is 23.5 Å². The van der Waals surface area contributed by atoms with Crippen LogP contribution in [0.4, 0.5) is 4.79 Å². The van der Waals surface area contributed by atoms with Crippen molar-refractivity contribution in [1.29, 1.82) is 0 Å². The van der Waals surface area contributed by atoms with Gasteiger partial charge in [-0.2, -0.15) is 5.21 Å². The largest absolute Gasteiger partial charge is 0.508 e. The van der Waals surface area contributed by atoms with Gasteiger partial charge in [-0.3, -0.25) is 14.5 Å². The van der Waals surface area contributed by atoms with Crippen LogP contribution in [0.15, 0.2) is 40.6 Å². The lowest BCUT2D eigenvalue weighted by atomic mass is 10.0. The first-order valence-corrected chi connectivity index (χ1v) is 15.0. The van der Waals surface area contributed by atoms with Crippen molar-refractivity contribution in [3.63, 3.8) is 0 Å². The summed E-state index contributed by atoms with van der Waals surface area (Å²) in [6.45, 7) is 6.78. The molecule has 0 bridgehead atoms. The molecule has 43 heavy (non-hydrogen) atoms. The van der Waals surface area contributed by atoms with E-state index in [0.717, 1.165) is 16.7 Å². The van der Waals surface area contributed by atoms with Crippen molar-refractivity contribution >= 4 is 53.4 Å². The number of rotatable bonds is 10. The Hall–Kier alpha value is -4.25. The smallest absolute Gasteiger partial charge is 0.408 e. The van der Waals surface area contributed by atoms with Gasteiger partial charge in [0.2, 0.25) is 11.6 Å². The van der Waals surface area contributed by atoms with E-state index in [2.05, 4.69) is 26.0 Å². The van der Waals surface area contributed by atoms with Crippen LogP contribution in [0.25, 0.3) is 0 Å². The fourth-order valence-corrected chi connectivity index (χ4v) is 6.63.